The predicted octanol–water partition coefficient (Wildman–Crippen LogP) is 4.92. The van der Waals surface area contributed by atoms with Crippen LogP contribution in [0.5, 0.6) is 0 Å². The van der Waals surface area contributed by atoms with Crippen LogP contribution in [0.25, 0.3) is 0 Å². The van der Waals surface area contributed by atoms with E-state index >= 15 is 0 Å². The topological polar surface area (TPSA) is 29.1 Å². The average Bonchev–Trinajstić information content (AvgIpc) is 2.94. The standard InChI is InChI=1S/C18H18F7NO/c1-9(27)26-15-7-6-13-12-5-3-11(8-10(12)2-4-14(13)15)16(19,17(20,21)22)18(23,24)25/h3,5,8,13-15H,2,4,6-7H2,1H3,(H,26,27)/t13-,14+,15+/m0/s1. The Morgan fingerprint density at radius 1 is 1.00 bits per heavy atom. The number of alkyl halides is 7. The second-order valence-electron chi connectivity index (χ2n) is 7.26. The average molecular weight is 397 g/mol. The molecule has 1 saturated carbocycles. The Labute approximate surface area is 151 Å². The predicted molar refractivity (Wildman–Crippen MR) is 82.7 cm³/mol. The lowest BCUT2D eigenvalue weighted by atomic mass is 9.74. The van der Waals surface area contributed by atoms with Gasteiger partial charge in [-0.1, -0.05) is 18.2 Å². The van der Waals surface area contributed by atoms with Crippen molar-refractivity contribution in [3.8, 4) is 0 Å². The minimum Gasteiger partial charge on any atom is -0.353 e. The van der Waals surface area contributed by atoms with E-state index in [9.17, 15) is 35.5 Å². The molecule has 1 fully saturated rings. The molecule has 0 spiro atoms. The molecule has 150 valence electrons. The largest absolute Gasteiger partial charge is 0.435 e. The smallest absolute Gasteiger partial charge is 0.353 e. The van der Waals surface area contributed by atoms with E-state index in [1.165, 1.54) is 13.0 Å². The minimum absolute atomic E-state index is 0.0639. The number of benzene rings is 1. The van der Waals surface area contributed by atoms with Crippen molar-refractivity contribution in [3.05, 3.63) is 34.9 Å². The number of hydrogen-bond donors (Lipinski definition) is 1. The molecule has 0 bridgehead atoms. The number of fused-ring (bicyclic) bond motifs is 3. The third-order valence-electron chi connectivity index (χ3n) is 5.68. The molecule has 9 heteroatoms. The molecule has 1 aromatic carbocycles. The number of aryl methyl sites for hydroxylation is 1. The summed E-state index contributed by atoms with van der Waals surface area (Å²) in [6, 6.07) is 2.42. The summed E-state index contributed by atoms with van der Waals surface area (Å²) in [7, 11) is 0. The summed E-state index contributed by atoms with van der Waals surface area (Å²) in [5.74, 6) is -0.169. The van der Waals surface area contributed by atoms with Crippen LogP contribution in [-0.2, 0) is 16.9 Å². The fourth-order valence-corrected chi connectivity index (χ4v) is 4.50. The van der Waals surface area contributed by atoms with Crippen molar-refractivity contribution in [2.45, 2.75) is 62.6 Å². The summed E-state index contributed by atoms with van der Waals surface area (Å²) in [6.45, 7) is 1.39. The first-order valence-corrected chi connectivity index (χ1v) is 8.59. The molecule has 1 amide bonds. The SMILES string of the molecule is CC(=O)N[C@@H]1CC[C@H]2c3ccc(C(F)(C(F)(F)F)C(F)(F)F)cc3CC[C@@H]12. The third kappa shape index (κ3) is 3.18. The van der Waals surface area contributed by atoms with Crippen molar-refractivity contribution in [3.63, 3.8) is 0 Å². The van der Waals surface area contributed by atoms with Crippen molar-refractivity contribution < 1.29 is 35.5 Å². The highest BCUT2D eigenvalue weighted by Gasteiger charge is 2.73. The lowest BCUT2D eigenvalue weighted by Gasteiger charge is -2.34. The van der Waals surface area contributed by atoms with Crippen LogP contribution in [0.3, 0.4) is 0 Å². The number of hydrogen-bond acceptors (Lipinski definition) is 1. The normalized spacial score (nSPS) is 25.7. The summed E-state index contributed by atoms with van der Waals surface area (Å²) in [4.78, 5) is 11.3. The Hall–Kier alpha value is -1.80. The van der Waals surface area contributed by atoms with Crippen molar-refractivity contribution in [2.24, 2.45) is 5.92 Å². The Morgan fingerprint density at radius 3 is 2.19 bits per heavy atom. The molecule has 2 aliphatic rings. The van der Waals surface area contributed by atoms with E-state index in [4.69, 9.17) is 0 Å². The molecular formula is C18H18F7NO. The monoisotopic (exact) mass is 397 g/mol. The van der Waals surface area contributed by atoms with Crippen LogP contribution in [0.15, 0.2) is 18.2 Å². The number of halogens is 7. The van der Waals surface area contributed by atoms with Crippen LogP contribution in [0.4, 0.5) is 30.7 Å². The second kappa shape index (κ2) is 6.38. The Morgan fingerprint density at radius 2 is 1.63 bits per heavy atom. The minimum atomic E-state index is -6.11. The molecule has 2 aliphatic carbocycles. The third-order valence-corrected chi connectivity index (χ3v) is 5.68. The van der Waals surface area contributed by atoms with Gasteiger partial charge < -0.3 is 5.32 Å². The summed E-state index contributed by atoms with van der Waals surface area (Å²) >= 11 is 0. The Balaban J connectivity index is 1.97. The van der Waals surface area contributed by atoms with Crippen LogP contribution >= 0.6 is 0 Å². The number of amides is 1. The molecular weight excluding hydrogens is 379 g/mol. The highest BCUT2D eigenvalue weighted by atomic mass is 19.4. The number of rotatable bonds is 2. The molecule has 0 heterocycles. The van der Waals surface area contributed by atoms with Gasteiger partial charge in [0.1, 0.15) is 0 Å². The molecule has 1 aromatic rings. The first-order chi connectivity index (χ1) is 12.4. The van der Waals surface area contributed by atoms with E-state index < -0.39 is 23.6 Å². The number of carbonyl (C=O) groups excluding carboxylic acids is 1. The van der Waals surface area contributed by atoms with Gasteiger partial charge in [0.25, 0.3) is 0 Å². The van der Waals surface area contributed by atoms with Crippen LogP contribution in [0.2, 0.25) is 0 Å². The van der Waals surface area contributed by atoms with Gasteiger partial charge in [-0.05, 0) is 48.6 Å². The van der Waals surface area contributed by atoms with Crippen molar-refractivity contribution in [2.75, 3.05) is 0 Å². The molecule has 0 aromatic heterocycles. The zero-order chi connectivity index (χ0) is 20.2. The van der Waals surface area contributed by atoms with Crippen molar-refractivity contribution in [1.29, 1.82) is 0 Å². The molecule has 0 radical (unpaired) electrons. The van der Waals surface area contributed by atoms with E-state index in [-0.39, 0.29) is 30.2 Å². The van der Waals surface area contributed by atoms with Crippen LogP contribution < -0.4 is 5.32 Å². The maximum Gasteiger partial charge on any atom is 0.435 e. The van der Waals surface area contributed by atoms with E-state index in [1.807, 2.05) is 0 Å². The van der Waals surface area contributed by atoms with Gasteiger partial charge in [0.15, 0.2) is 0 Å². The summed E-state index contributed by atoms with van der Waals surface area (Å²) in [5.41, 5.74) is -5.88. The molecule has 3 rings (SSSR count). The van der Waals surface area contributed by atoms with Gasteiger partial charge in [0, 0.05) is 18.5 Å². The number of nitrogens with one attached hydrogen (secondary N) is 1. The molecule has 1 N–H and O–H groups in total. The van der Waals surface area contributed by atoms with Crippen molar-refractivity contribution >= 4 is 5.91 Å². The highest BCUT2D eigenvalue weighted by Crippen LogP contribution is 2.54. The summed E-state index contributed by atoms with van der Waals surface area (Å²) < 4.78 is 92.1. The Bertz CT molecular complexity index is 726. The maximum atomic E-state index is 14.3. The van der Waals surface area contributed by atoms with Crippen LogP contribution in [-0.4, -0.2) is 24.3 Å². The zero-order valence-corrected chi connectivity index (χ0v) is 14.3. The van der Waals surface area contributed by atoms with Gasteiger partial charge in [-0.25, -0.2) is 4.39 Å². The molecule has 0 unspecified atom stereocenters. The van der Waals surface area contributed by atoms with Crippen LogP contribution in [0, 0.1) is 5.92 Å². The molecule has 3 atom stereocenters. The fourth-order valence-electron chi connectivity index (χ4n) is 4.50. The van der Waals surface area contributed by atoms with Gasteiger partial charge in [-0.3, -0.25) is 4.79 Å². The first-order valence-electron chi connectivity index (χ1n) is 8.59. The number of carbonyl (C=O) groups is 1. The fraction of sp³-hybridized carbons (Fsp3) is 0.611. The van der Waals surface area contributed by atoms with Gasteiger partial charge >= 0.3 is 18.0 Å². The second-order valence-corrected chi connectivity index (χ2v) is 7.26. The molecule has 2 nitrogen and oxygen atoms in total. The molecule has 27 heavy (non-hydrogen) atoms. The van der Waals surface area contributed by atoms with E-state index in [2.05, 4.69) is 5.32 Å². The van der Waals surface area contributed by atoms with Gasteiger partial charge in [-0.15, -0.1) is 0 Å². The summed E-state index contributed by atoms with van der Waals surface area (Å²) in [6.07, 6.45) is -10.1. The van der Waals surface area contributed by atoms with E-state index in [0.29, 0.717) is 42.5 Å². The molecule has 0 aliphatic heterocycles. The zero-order valence-electron chi connectivity index (χ0n) is 14.3. The van der Waals surface area contributed by atoms with Crippen molar-refractivity contribution in [1.82, 2.24) is 5.32 Å². The lowest BCUT2D eigenvalue weighted by molar-refractivity contribution is -0.348. The Kier molecular flexibility index (Phi) is 4.71. The maximum absolute atomic E-state index is 14.3. The van der Waals surface area contributed by atoms with Gasteiger partial charge in [0.2, 0.25) is 5.91 Å². The van der Waals surface area contributed by atoms with E-state index in [0.717, 1.165) is 0 Å². The first kappa shape index (κ1) is 19.9. The summed E-state index contributed by atoms with van der Waals surface area (Å²) in [5, 5.41) is 2.85. The van der Waals surface area contributed by atoms with E-state index in [1.54, 1.807) is 0 Å². The van der Waals surface area contributed by atoms with Gasteiger partial charge in [-0.2, -0.15) is 26.3 Å². The quantitative estimate of drug-likeness (QED) is 0.706. The van der Waals surface area contributed by atoms with Crippen LogP contribution in [0.1, 0.15) is 48.8 Å². The van der Waals surface area contributed by atoms with Gasteiger partial charge in [0.05, 0.1) is 0 Å². The highest BCUT2D eigenvalue weighted by molar-refractivity contribution is 5.73. The lowest BCUT2D eigenvalue weighted by Crippen LogP contribution is -2.50. The molecule has 0 saturated heterocycles.